The highest BCUT2D eigenvalue weighted by Gasteiger charge is 2.45. The predicted octanol–water partition coefficient (Wildman–Crippen LogP) is -0.702. The molecule has 0 bridgehead atoms. The summed E-state index contributed by atoms with van der Waals surface area (Å²) < 4.78 is 39.9. The minimum absolute atomic E-state index is 0.0339. The van der Waals surface area contributed by atoms with Crippen molar-refractivity contribution in [1.29, 1.82) is 0 Å². The van der Waals surface area contributed by atoms with Crippen LogP contribution in [0.1, 0.15) is 12.5 Å². The van der Waals surface area contributed by atoms with Crippen LogP contribution in [-0.4, -0.2) is 68.9 Å². The van der Waals surface area contributed by atoms with Gasteiger partial charge in [-0.2, -0.15) is 8.42 Å². The predicted molar refractivity (Wildman–Crippen MR) is 89.6 cm³/mol. The van der Waals surface area contributed by atoms with Crippen LogP contribution < -0.4 is 5.32 Å². The molecule has 0 unspecified atom stereocenters. The summed E-state index contributed by atoms with van der Waals surface area (Å²) in [4.78, 5) is 11.2. The Labute approximate surface area is 152 Å². The van der Waals surface area contributed by atoms with Crippen LogP contribution in [0.4, 0.5) is 0 Å². The zero-order valence-corrected chi connectivity index (χ0v) is 15.5. The van der Waals surface area contributed by atoms with Gasteiger partial charge < -0.3 is 25.0 Å². The third-order valence-corrected chi connectivity index (χ3v) is 5.30. The lowest BCUT2D eigenvalue weighted by Crippen LogP contribution is -2.64. The summed E-state index contributed by atoms with van der Waals surface area (Å²) in [5.74, 6) is -0.441. The van der Waals surface area contributed by atoms with Gasteiger partial charge in [0.05, 0.1) is 11.5 Å². The molecular formula is C16H23NO8S. The summed E-state index contributed by atoms with van der Waals surface area (Å²) in [7, 11) is -2.76. The maximum absolute atomic E-state index is 12.2. The Bertz CT molecular complexity index is 718. The monoisotopic (exact) mass is 389 g/mol. The van der Waals surface area contributed by atoms with E-state index < -0.39 is 53.3 Å². The molecule has 0 saturated carbocycles. The van der Waals surface area contributed by atoms with Crippen LogP contribution in [0.2, 0.25) is 0 Å². The number of hydrogen-bond acceptors (Lipinski definition) is 8. The van der Waals surface area contributed by atoms with Gasteiger partial charge in [-0.3, -0.25) is 8.98 Å². The molecule has 0 aliphatic carbocycles. The number of rotatable bonds is 6. The minimum Gasteiger partial charge on any atom is -0.388 e. The van der Waals surface area contributed by atoms with E-state index in [1.807, 2.05) is 6.92 Å². The molecule has 3 N–H and O–H groups in total. The molecule has 0 radical (unpaired) electrons. The normalized spacial score (nSPS) is 29.3. The zero-order chi connectivity index (χ0) is 19.5. The summed E-state index contributed by atoms with van der Waals surface area (Å²) in [6.45, 7) is 2.54. The van der Waals surface area contributed by atoms with Crippen molar-refractivity contribution in [3.05, 3.63) is 29.8 Å². The van der Waals surface area contributed by atoms with Crippen molar-refractivity contribution in [2.24, 2.45) is 0 Å². The molecule has 0 spiro atoms. The first kappa shape index (κ1) is 20.7. The molecule has 1 aromatic carbocycles. The molecule has 0 aromatic heterocycles. The van der Waals surface area contributed by atoms with Crippen LogP contribution in [0, 0.1) is 6.92 Å². The second-order valence-electron chi connectivity index (χ2n) is 6.04. The number of carbonyl (C=O) groups is 1. The van der Waals surface area contributed by atoms with Crippen LogP contribution in [0.3, 0.4) is 0 Å². The van der Waals surface area contributed by atoms with Gasteiger partial charge in [0.25, 0.3) is 10.1 Å². The van der Waals surface area contributed by atoms with Gasteiger partial charge in [0, 0.05) is 14.0 Å². The number of ether oxygens (including phenoxy) is 2. The third-order valence-electron chi connectivity index (χ3n) is 4.00. The molecule has 9 nitrogen and oxygen atoms in total. The van der Waals surface area contributed by atoms with Gasteiger partial charge in [-0.15, -0.1) is 0 Å². The fourth-order valence-electron chi connectivity index (χ4n) is 2.59. The Morgan fingerprint density at radius 3 is 2.38 bits per heavy atom. The fraction of sp³-hybridized carbons (Fsp3) is 0.562. The number of nitrogens with one attached hydrogen (secondary N) is 1. The first-order valence-corrected chi connectivity index (χ1v) is 9.34. The Hall–Kier alpha value is -1.56. The van der Waals surface area contributed by atoms with Crippen molar-refractivity contribution < 1.29 is 37.1 Å². The van der Waals surface area contributed by atoms with Crippen molar-refractivity contribution in [1.82, 2.24) is 5.32 Å². The van der Waals surface area contributed by atoms with E-state index in [1.165, 1.54) is 26.2 Å². The first-order chi connectivity index (χ1) is 12.2. The highest BCUT2D eigenvalue weighted by molar-refractivity contribution is 7.86. The molecule has 10 heteroatoms. The summed E-state index contributed by atoms with van der Waals surface area (Å²) >= 11 is 0. The maximum Gasteiger partial charge on any atom is 0.297 e. The van der Waals surface area contributed by atoms with Gasteiger partial charge in [-0.1, -0.05) is 17.7 Å². The highest BCUT2D eigenvalue weighted by Crippen LogP contribution is 2.23. The SMILES string of the molecule is CO[C@H]1O[C@H](COS(=O)(=O)c2ccc(C)cc2)[C@@H](O)[C@H](O)[C@@H]1NC(C)=O. The van der Waals surface area contributed by atoms with Crippen molar-refractivity contribution >= 4 is 16.0 Å². The Morgan fingerprint density at radius 1 is 1.23 bits per heavy atom. The van der Waals surface area contributed by atoms with E-state index in [-0.39, 0.29) is 4.90 Å². The van der Waals surface area contributed by atoms with Gasteiger partial charge in [0.2, 0.25) is 5.91 Å². The van der Waals surface area contributed by atoms with Gasteiger partial charge in [0.1, 0.15) is 24.4 Å². The molecule has 1 amide bonds. The van der Waals surface area contributed by atoms with Crippen LogP contribution >= 0.6 is 0 Å². The number of methoxy groups -OCH3 is 1. The summed E-state index contributed by atoms with van der Waals surface area (Å²) in [5, 5.41) is 22.8. The second-order valence-corrected chi connectivity index (χ2v) is 7.65. The number of carbonyl (C=O) groups excluding carboxylic acids is 1. The van der Waals surface area contributed by atoms with E-state index in [0.29, 0.717) is 0 Å². The van der Waals surface area contributed by atoms with Crippen molar-refractivity contribution in [3.8, 4) is 0 Å². The number of aliphatic hydroxyl groups is 2. The van der Waals surface area contributed by atoms with Crippen LogP contribution in [0.25, 0.3) is 0 Å². The average molecular weight is 389 g/mol. The number of hydrogen-bond donors (Lipinski definition) is 3. The third kappa shape index (κ3) is 4.78. The molecule has 26 heavy (non-hydrogen) atoms. The Kier molecular flexibility index (Phi) is 6.72. The Morgan fingerprint density at radius 2 is 1.85 bits per heavy atom. The number of aryl methyl sites for hydroxylation is 1. The molecular weight excluding hydrogens is 366 g/mol. The van der Waals surface area contributed by atoms with Crippen LogP contribution in [0.5, 0.6) is 0 Å². The highest BCUT2D eigenvalue weighted by atomic mass is 32.2. The average Bonchev–Trinajstić information content (AvgIpc) is 2.58. The van der Waals surface area contributed by atoms with Gasteiger partial charge >= 0.3 is 0 Å². The van der Waals surface area contributed by atoms with E-state index in [0.717, 1.165) is 5.56 Å². The van der Waals surface area contributed by atoms with Gasteiger partial charge in [-0.05, 0) is 19.1 Å². The molecule has 2 rings (SSSR count). The lowest BCUT2D eigenvalue weighted by molar-refractivity contribution is -0.261. The number of aliphatic hydroxyl groups excluding tert-OH is 2. The quantitative estimate of drug-likeness (QED) is 0.544. The van der Waals surface area contributed by atoms with E-state index in [4.69, 9.17) is 13.7 Å². The molecule has 1 saturated heterocycles. The molecule has 5 atom stereocenters. The topological polar surface area (TPSA) is 131 Å². The largest absolute Gasteiger partial charge is 0.388 e. The van der Waals surface area contributed by atoms with E-state index >= 15 is 0 Å². The van der Waals surface area contributed by atoms with Crippen molar-refractivity contribution in [3.63, 3.8) is 0 Å². The first-order valence-electron chi connectivity index (χ1n) is 7.93. The summed E-state index contributed by atoms with van der Waals surface area (Å²) in [6, 6.07) is 5.07. The zero-order valence-electron chi connectivity index (χ0n) is 14.7. The fourth-order valence-corrected chi connectivity index (χ4v) is 3.51. The second kappa shape index (κ2) is 8.42. The van der Waals surface area contributed by atoms with Gasteiger partial charge in [0.15, 0.2) is 6.29 Å². The van der Waals surface area contributed by atoms with Crippen LogP contribution in [0.15, 0.2) is 29.2 Å². The molecule has 1 aliphatic rings. The Balaban J connectivity index is 2.07. The van der Waals surface area contributed by atoms with E-state index in [2.05, 4.69) is 5.32 Å². The summed E-state index contributed by atoms with van der Waals surface area (Å²) in [6.07, 6.45) is -5.15. The lowest BCUT2D eigenvalue weighted by Gasteiger charge is -2.41. The molecule has 1 aliphatic heterocycles. The van der Waals surface area contributed by atoms with Crippen LogP contribution in [-0.2, 0) is 28.6 Å². The van der Waals surface area contributed by atoms with Crippen molar-refractivity contribution in [2.75, 3.05) is 13.7 Å². The molecule has 1 heterocycles. The molecule has 1 aromatic rings. The molecule has 146 valence electrons. The standard InChI is InChI=1S/C16H23NO8S/c1-9-4-6-11(7-5-9)26(21,22)24-8-12-14(19)15(20)13(17-10(2)18)16(23-3)25-12/h4-7,12-16,19-20H,8H2,1-3H3,(H,17,18)/t12-,13+,14-,15-,16+/m1/s1. The maximum atomic E-state index is 12.2. The molecule has 1 fully saturated rings. The number of amides is 1. The van der Waals surface area contributed by atoms with Gasteiger partial charge in [-0.25, -0.2) is 0 Å². The number of benzene rings is 1. The lowest BCUT2D eigenvalue weighted by atomic mass is 9.97. The van der Waals surface area contributed by atoms with E-state index in [9.17, 15) is 23.4 Å². The summed E-state index contributed by atoms with van der Waals surface area (Å²) in [5.41, 5.74) is 0.894. The minimum atomic E-state index is -4.06. The van der Waals surface area contributed by atoms with Crippen molar-refractivity contribution in [2.45, 2.75) is 49.4 Å². The smallest absolute Gasteiger partial charge is 0.297 e. The van der Waals surface area contributed by atoms with E-state index in [1.54, 1.807) is 12.1 Å².